The predicted octanol–water partition coefficient (Wildman–Crippen LogP) is 5.79. The Morgan fingerprint density at radius 1 is 0.849 bits per heavy atom. The number of carbonyl (C=O) groups excluding carboxylic acids is 2. The molecule has 1 atom stereocenters. The van der Waals surface area contributed by atoms with Crippen LogP contribution in [0.1, 0.15) is 29.6 Å². The third-order valence-corrected chi connectivity index (χ3v) is 9.85. The van der Waals surface area contributed by atoms with Gasteiger partial charge < -0.3 is 30.0 Å². The number of hydrogen-bond donors (Lipinski definition) is 2. The summed E-state index contributed by atoms with van der Waals surface area (Å²) in [5.74, 6) is -0.445. The quantitative estimate of drug-likeness (QED) is 0.175. The summed E-state index contributed by atoms with van der Waals surface area (Å²) in [6, 6.07) is 18.3. The first-order chi connectivity index (χ1) is 25.7. The van der Waals surface area contributed by atoms with Gasteiger partial charge in [0, 0.05) is 72.3 Å². The van der Waals surface area contributed by atoms with Crippen molar-refractivity contribution in [2.24, 2.45) is 11.8 Å². The van der Waals surface area contributed by atoms with Crippen molar-refractivity contribution in [1.29, 1.82) is 0 Å². The lowest BCUT2D eigenvalue weighted by atomic mass is 10.0. The average molecular weight is 719 g/mol. The van der Waals surface area contributed by atoms with Gasteiger partial charge in [-0.1, -0.05) is 12.1 Å². The lowest BCUT2D eigenvalue weighted by molar-refractivity contribution is -0.136. The molecule has 2 saturated heterocycles. The van der Waals surface area contributed by atoms with E-state index in [9.17, 15) is 18.8 Å². The van der Waals surface area contributed by atoms with Gasteiger partial charge in [-0.05, 0) is 85.0 Å². The second-order valence-corrected chi connectivity index (χ2v) is 13.8. The highest BCUT2D eigenvalue weighted by molar-refractivity contribution is 6.04. The highest BCUT2D eigenvalue weighted by atomic mass is 19.1. The zero-order valence-corrected chi connectivity index (χ0v) is 28.6. The number of carbonyl (C=O) groups is 2. The number of hydrogen-bond acceptors (Lipinski definition) is 8. The van der Waals surface area contributed by atoms with Crippen molar-refractivity contribution in [1.82, 2.24) is 19.7 Å². The molecule has 1 saturated carbocycles. The maximum absolute atomic E-state index is 15.7. The van der Waals surface area contributed by atoms with E-state index in [1.54, 1.807) is 36.5 Å². The molecule has 2 amide bonds. The van der Waals surface area contributed by atoms with Gasteiger partial charge in [-0.2, -0.15) is 0 Å². The van der Waals surface area contributed by atoms with Gasteiger partial charge in [0.15, 0.2) is 11.9 Å². The molecule has 3 N–H and O–H groups in total. The van der Waals surface area contributed by atoms with E-state index in [0.717, 1.165) is 18.9 Å². The first kappa shape index (κ1) is 34.2. The second kappa shape index (κ2) is 14.2. The molecule has 270 valence electrons. The van der Waals surface area contributed by atoms with Gasteiger partial charge in [0.2, 0.25) is 5.43 Å². The number of rotatable bonds is 11. The van der Waals surface area contributed by atoms with Crippen LogP contribution < -0.4 is 21.2 Å². The van der Waals surface area contributed by atoms with Crippen LogP contribution in [0, 0.1) is 23.5 Å². The van der Waals surface area contributed by atoms with Crippen LogP contribution in [-0.2, 0) is 16.1 Å². The molecule has 3 aromatic carbocycles. The molecule has 13 heteroatoms. The minimum Gasteiger partial charge on any atom is -0.481 e. The molecule has 53 heavy (non-hydrogen) atoms. The molecule has 4 heterocycles. The smallest absolute Gasteiger partial charge is 0.263 e. The third kappa shape index (κ3) is 7.38. The number of likely N-dealkylation sites (tertiary alicyclic amines) is 1. The Hall–Kier alpha value is -5.95. The van der Waals surface area contributed by atoms with E-state index in [0.29, 0.717) is 79.2 Å². The number of nitrogens with two attached hydrogens (primary N) is 1. The van der Waals surface area contributed by atoms with Gasteiger partial charge >= 0.3 is 0 Å². The van der Waals surface area contributed by atoms with Crippen LogP contribution in [0.3, 0.4) is 0 Å². The van der Waals surface area contributed by atoms with Gasteiger partial charge in [0.1, 0.15) is 22.9 Å². The summed E-state index contributed by atoms with van der Waals surface area (Å²) in [5, 5.41) is 10.9. The molecule has 0 radical (unpaired) electrons. The molecule has 5 aromatic rings. The van der Waals surface area contributed by atoms with Crippen LogP contribution in [-0.4, -0.2) is 63.9 Å². The lowest BCUT2D eigenvalue weighted by Crippen LogP contribution is -2.42. The average Bonchev–Trinajstić information content (AvgIpc) is 3.89. The summed E-state index contributed by atoms with van der Waals surface area (Å²) in [4.78, 5) is 41.6. The molecular weight excluding hydrogens is 682 g/mol. The number of pyridine rings is 1. The molecule has 2 aromatic heterocycles. The van der Waals surface area contributed by atoms with Crippen LogP contribution in [0.15, 0.2) is 90.0 Å². The normalized spacial score (nSPS) is 17.1. The molecule has 2 aliphatic heterocycles. The Bertz CT molecular complexity index is 2250. The molecule has 8 rings (SSSR count). The van der Waals surface area contributed by atoms with E-state index < -0.39 is 29.1 Å². The highest BCUT2D eigenvalue weighted by Crippen LogP contribution is 2.33. The van der Waals surface area contributed by atoms with E-state index in [2.05, 4.69) is 15.5 Å². The minimum atomic E-state index is -0.700. The van der Waals surface area contributed by atoms with Crippen molar-refractivity contribution in [3.63, 3.8) is 0 Å². The van der Waals surface area contributed by atoms with E-state index in [1.165, 1.54) is 42.6 Å². The number of amides is 2. The van der Waals surface area contributed by atoms with E-state index >= 15 is 4.39 Å². The molecule has 0 bridgehead atoms. The predicted molar refractivity (Wildman–Crippen MR) is 194 cm³/mol. The highest BCUT2D eigenvalue weighted by Gasteiger charge is 2.36. The fraction of sp³-hybridized carbons (Fsp3) is 0.275. The number of aromatic nitrogens is 3. The van der Waals surface area contributed by atoms with Crippen LogP contribution in [0.25, 0.3) is 33.5 Å². The van der Waals surface area contributed by atoms with Gasteiger partial charge in [-0.25, -0.2) is 8.78 Å². The Balaban J connectivity index is 0.978. The summed E-state index contributed by atoms with van der Waals surface area (Å²) in [7, 11) is 0. The summed E-state index contributed by atoms with van der Waals surface area (Å²) in [5.41, 5.74) is 7.96. The van der Waals surface area contributed by atoms with Crippen LogP contribution >= 0.6 is 0 Å². The standard InChI is InChI=1S/C40H36F2N6O5/c41-27-7-3-25(4-8-27)32-19-47(17-23-1-2-23)20-33(37(32)49)39(50)44-28-9-12-30(34(42)15-28)31-16-35(45-46-38(31)43)26-5-10-29(11-6-26)53-36-13-14-48(40(36)51)18-24-21-52-22-24/h3-12,15-16,19-20,23-24,36H,1-2,13-14,17-18,21-22H2,(H2,43,46)(H,44,50)/t36-/m1/s1. The Labute approximate surface area is 303 Å². The second-order valence-electron chi connectivity index (χ2n) is 13.8. The van der Waals surface area contributed by atoms with Gasteiger partial charge in [0.25, 0.3) is 11.8 Å². The molecule has 3 aliphatic rings. The first-order valence-electron chi connectivity index (χ1n) is 17.6. The Morgan fingerprint density at radius 3 is 2.30 bits per heavy atom. The van der Waals surface area contributed by atoms with E-state index in [4.69, 9.17) is 15.2 Å². The molecule has 0 spiro atoms. The zero-order chi connectivity index (χ0) is 36.6. The number of nitrogens with zero attached hydrogens (tertiary/aromatic N) is 4. The summed E-state index contributed by atoms with van der Waals surface area (Å²) < 4.78 is 42.4. The lowest BCUT2D eigenvalue weighted by Gasteiger charge is -2.30. The van der Waals surface area contributed by atoms with Crippen molar-refractivity contribution >= 4 is 23.3 Å². The van der Waals surface area contributed by atoms with Crippen molar-refractivity contribution in [2.45, 2.75) is 31.9 Å². The number of anilines is 2. The van der Waals surface area contributed by atoms with Gasteiger partial charge in [0.05, 0.1) is 18.9 Å². The Kier molecular flexibility index (Phi) is 9.17. The maximum Gasteiger partial charge on any atom is 0.263 e. The molecule has 0 unspecified atom stereocenters. The maximum atomic E-state index is 15.7. The summed E-state index contributed by atoms with van der Waals surface area (Å²) >= 11 is 0. The number of halogens is 2. The number of nitrogen functional groups attached to an aromatic ring is 1. The third-order valence-electron chi connectivity index (χ3n) is 9.85. The fourth-order valence-electron chi connectivity index (χ4n) is 6.67. The molecule has 3 fully saturated rings. The van der Waals surface area contributed by atoms with Crippen molar-refractivity contribution in [3.05, 3.63) is 113 Å². The van der Waals surface area contributed by atoms with Gasteiger partial charge in [-0.15, -0.1) is 10.2 Å². The van der Waals surface area contributed by atoms with Gasteiger partial charge in [-0.3, -0.25) is 14.4 Å². The minimum absolute atomic E-state index is 0.0102. The SMILES string of the molecule is Nc1nnc(-c2ccc(O[C@@H]3CCN(CC4COC4)C3=O)cc2)cc1-c1ccc(NC(=O)c2cn(CC3CC3)cc(-c3ccc(F)cc3)c2=O)cc1F. The van der Waals surface area contributed by atoms with E-state index in [1.807, 2.05) is 9.47 Å². The van der Waals surface area contributed by atoms with Crippen molar-refractivity contribution in [3.8, 4) is 39.3 Å². The molecule has 1 aliphatic carbocycles. The first-order valence-corrected chi connectivity index (χ1v) is 17.6. The topological polar surface area (TPSA) is 142 Å². The molecular formula is C40H36F2N6O5. The summed E-state index contributed by atoms with van der Waals surface area (Å²) in [6.45, 7) is 3.34. The Morgan fingerprint density at radius 2 is 1.60 bits per heavy atom. The van der Waals surface area contributed by atoms with Crippen molar-refractivity contribution < 1.29 is 27.8 Å². The van der Waals surface area contributed by atoms with E-state index in [-0.39, 0.29) is 34.1 Å². The van der Waals surface area contributed by atoms with Crippen LogP contribution in [0.2, 0.25) is 0 Å². The zero-order valence-electron chi connectivity index (χ0n) is 28.6. The van der Waals surface area contributed by atoms with Crippen molar-refractivity contribution in [2.75, 3.05) is 37.4 Å². The number of benzene rings is 3. The monoisotopic (exact) mass is 718 g/mol. The number of nitrogens with one attached hydrogen (secondary N) is 1. The van der Waals surface area contributed by atoms with Crippen LogP contribution in [0.5, 0.6) is 5.75 Å². The number of ether oxygens (including phenoxy) is 2. The summed E-state index contributed by atoms with van der Waals surface area (Å²) in [6.07, 6.45) is 5.38. The molecule has 11 nitrogen and oxygen atoms in total. The largest absolute Gasteiger partial charge is 0.481 e. The van der Waals surface area contributed by atoms with Crippen LogP contribution in [0.4, 0.5) is 20.3 Å². The fourth-order valence-corrected chi connectivity index (χ4v) is 6.67.